The summed E-state index contributed by atoms with van der Waals surface area (Å²) in [6.07, 6.45) is 0.941. The lowest BCUT2D eigenvalue weighted by molar-refractivity contribution is -0.148. The maximum absolute atomic E-state index is 12.3. The first-order valence-electron chi connectivity index (χ1n) is 9.67. The summed E-state index contributed by atoms with van der Waals surface area (Å²) in [4.78, 5) is 28.4. The van der Waals surface area contributed by atoms with Crippen molar-refractivity contribution < 1.29 is 19.1 Å². The van der Waals surface area contributed by atoms with E-state index in [1.54, 1.807) is 4.90 Å². The maximum atomic E-state index is 12.3. The highest BCUT2D eigenvalue weighted by Gasteiger charge is 2.28. The number of rotatable bonds is 6. The number of nitrogens with zero attached hydrogens (tertiary/aromatic N) is 2. The molecule has 2 aromatic carbocycles. The molecule has 2 heterocycles. The Hall–Kier alpha value is -2.86. The molecule has 1 amide bonds. The van der Waals surface area contributed by atoms with E-state index in [0.29, 0.717) is 18.0 Å². The van der Waals surface area contributed by atoms with Crippen LogP contribution in [0.4, 0.5) is 5.69 Å². The van der Waals surface area contributed by atoms with Crippen molar-refractivity contribution in [2.75, 3.05) is 31.1 Å². The van der Waals surface area contributed by atoms with Crippen LogP contribution < -0.4 is 9.64 Å². The van der Waals surface area contributed by atoms with Crippen molar-refractivity contribution in [2.45, 2.75) is 25.5 Å². The molecule has 6 nitrogen and oxygen atoms in total. The number of ether oxygens (including phenoxy) is 2. The predicted octanol–water partition coefficient (Wildman–Crippen LogP) is 2.62. The number of hydrogen-bond acceptors (Lipinski definition) is 5. The second-order valence-corrected chi connectivity index (χ2v) is 7.17. The summed E-state index contributed by atoms with van der Waals surface area (Å²) in [5.74, 6) is 0.271. The summed E-state index contributed by atoms with van der Waals surface area (Å²) in [6, 6.07) is 17.7. The van der Waals surface area contributed by atoms with Gasteiger partial charge >= 0.3 is 5.97 Å². The van der Waals surface area contributed by atoms with Gasteiger partial charge in [0.15, 0.2) is 6.61 Å². The fourth-order valence-electron chi connectivity index (χ4n) is 3.73. The summed E-state index contributed by atoms with van der Waals surface area (Å²) >= 11 is 0. The molecule has 1 saturated heterocycles. The van der Waals surface area contributed by atoms with Crippen LogP contribution in [0.15, 0.2) is 54.6 Å². The van der Waals surface area contributed by atoms with Gasteiger partial charge in [-0.25, -0.2) is 0 Å². The van der Waals surface area contributed by atoms with Crippen LogP contribution in [0.25, 0.3) is 0 Å². The standard InChI is InChI=1S/C22H24N2O4/c25-21-16-27-20-9-5-4-8-19(20)24(21)13-11-22(26)28-18-10-12-23(15-18)14-17-6-2-1-3-7-17/h1-9,18H,10-16H2/t18-/m1/s1. The van der Waals surface area contributed by atoms with Gasteiger partial charge < -0.3 is 14.4 Å². The summed E-state index contributed by atoms with van der Waals surface area (Å²) in [7, 11) is 0. The zero-order valence-corrected chi connectivity index (χ0v) is 15.8. The number of benzene rings is 2. The molecule has 0 unspecified atom stereocenters. The second kappa shape index (κ2) is 8.44. The first-order chi connectivity index (χ1) is 13.7. The van der Waals surface area contributed by atoms with Crippen molar-refractivity contribution in [3.8, 4) is 5.75 Å². The summed E-state index contributed by atoms with van der Waals surface area (Å²) in [5.41, 5.74) is 1.97. The normalized spacial score (nSPS) is 19.2. The number of amides is 1. The molecule has 146 valence electrons. The molecule has 0 aliphatic carbocycles. The van der Waals surface area contributed by atoms with Gasteiger partial charge in [0.1, 0.15) is 11.9 Å². The molecule has 4 rings (SSSR count). The molecule has 6 heteroatoms. The topological polar surface area (TPSA) is 59.1 Å². The van der Waals surface area contributed by atoms with Gasteiger partial charge in [-0.3, -0.25) is 14.5 Å². The third-order valence-corrected chi connectivity index (χ3v) is 5.12. The average Bonchev–Trinajstić information content (AvgIpc) is 3.14. The van der Waals surface area contributed by atoms with Gasteiger partial charge in [0.05, 0.1) is 12.1 Å². The molecule has 1 atom stereocenters. The molecule has 0 spiro atoms. The molecule has 1 fully saturated rings. The number of carbonyl (C=O) groups is 2. The molecular formula is C22H24N2O4. The zero-order chi connectivity index (χ0) is 19.3. The minimum Gasteiger partial charge on any atom is -0.482 e. The van der Waals surface area contributed by atoms with E-state index in [2.05, 4.69) is 17.0 Å². The van der Waals surface area contributed by atoms with E-state index in [1.165, 1.54) is 5.56 Å². The third-order valence-electron chi connectivity index (χ3n) is 5.12. The van der Waals surface area contributed by atoms with E-state index < -0.39 is 0 Å². The van der Waals surface area contributed by atoms with Crippen molar-refractivity contribution >= 4 is 17.6 Å². The van der Waals surface area contributed by atoms with E-state index in [1.807, 2.05) is 42.5 Å². The maximum Gasteiger partial charge on any atom is 0.307 e. The van der Waals surface area contributed by atoms with E-state index in [-0.39, 0.29) is 31.0 Å². The van der Waals surface area contributed by atoms with Crippen molar-refractivity contribution in [1.29, 1.82) is 0 Å². The van der Waals surface area contributed by atoms with Crippen LogP contribution in [-0.4, -0.2) is 49.1 Å². The number of hydrogen-bond donors (Lipinski definition) is 0. The van der Waals surface area contributed by atoms with Gasteiger partial charge in [-0.05, 0) is 24.1 Å². The fourth-order valence-corrected chi connectivity index (χ4v) is 3.73. The third kappa shape index (κ3) is 4.34. The molecule has 2 aromatic rings. The molecule has 2 aliphatic rings. The van der Waals surface area contributed by atoms with Gasteiger partial charge in [-0.1, -0.05) is 42.5 Å². The zero-order valence-electron chi connectivity index (χ0n) is 15.8. The first kappa shape index (κ1) is 18.5. The molecule has 0 bridgehead atoms. The minimum absolute atomic E-state index is 0.00311. The van der Waals surface area contributed by atoms with Crippen molar-refractivity contribution in [1.82, 2.24) is 4.90 Å². The van der Waals surface area contributed by atoms with Gasteiger partial charge in [0.2, 0.25) is 0 Å². The number of likely N-dealkylation sites (tertiary alicyclic amines) is 1. The monoisotopic (exact) mass is 380 g/mol. The Morgan fingerprint density at radius 3 is 2.75 bits per heavy atom. The van der Waals surface area contributed by atoms with Gasteiger partial charge in [0.25, 0.3) is 5.91 Å². The van der Waals surface area contributed by atoms with Gasteiger partial charge in [-0.2, -0.15) is 0 Å². The van der Waals surface area contributed by atoms with Crippen LogP contribution >= 0.6 is 0 Å². The quantitative estimate of drug-likeness (QED) is 0.721. The minimum atomic E-state index is -0.261. The summed E-state index contributed by atoms with van der Waals surface area (Å²) in [5, 5.41) is 0. The summed E-state index contributed by atoms with van der Waals surface area (Å²) in [6.45, 7) is 2.84. The average molecular weight is 380 g/mol. The highest BCUT2D eigenvalue weighted by atomic mass is 16.5. The Labute approximate surface area is 164 Å². The van der Waals surface area contributed by atoms with Gasteiger partial charge in [-0.15, -0.1) is 0 Å². The van der Waals surface area contributed by atoms with E-state index >= 15 is 0 Å². The van der Waals surface area contributed by atoms with E-state index in [0.717, 1.165) is 26.1 Å². The van der Waals surface area contributed by atoms with E-state index in [9.17, 15) is 9.59 Å². The Morgan fingerprint density at radius 2 is 1.89 bits per heavy atom. The summed E-state index contributed by atoms with van der Waals surface area (Å²) < 4.78 is 11.1. The largest absolute Gasteiger partial charge is 0.482 e. The lowest BCUT2D eigenvalue weighted by Gasteiger charge is -2.29. The van der Waals surface area contributed by atoms with Crippen molar-refractivity contribution in [3.05, 3.63) is 60.2 Å². The Kier molecular flexibility index (Phi) is 5.58. The van der Waals surface area contributed by atoms with Crippen LogP contribution in [0, 0.1) is 0 Å². The van der Waals surface area contributed by atoms with Crippen LogP contribution in [0.5, 0.6) is 5.75 Å². The van der Waals surface area contributed by atoms with Crippen molar-refractivity contribution in [2.24, 2.45) is 0 Å². The first-order valence-corrected chi connectivity index (χ1v) is 9.67. The number of esters is 1. The Balaban J connectivity index is 1.26. The van der Waals surface area contributed by atoms with Crippen LogP contribution in [0.3, 0.4) is 0 Å². The number of fused-ring (bicyclic) bond motifs is 1. The predicted molar refractivity (Wildman–Crippen MR) is 105 cm³/mol. The molecule has 0 radical (unpaired) electrons. The Bertz CT molecular complexity index is 839. The SMILES string of the molecule is O=C(CCN1C(=O)COc2ccccc21)O[C@@H]1CCN(Cc2ccccc2)C1. The van der Waals surface area contributed by atoms with Crippen LogP contribution in [0.1, 0.15) is 18.4 Å². The number of anilines is 1. The lowest BCUT2D eigenvalue weighted by atomic mass is 10.2. The smallest absolute Gasteiger partial charge is 0.307 e. The van der Waals surface area contributed by atoms with Gasteiger partial charge in [0, 0.05) is 26.2 Å². The molecule has 0 N–H and O–H groups in total. The van der Waals surface area contributed by atoms with Crippen molar-refractivity contribution in [3.63, 3.8) is 0 Å². The molecule has 28 heavy (non-hydrogen) atoms. The van der Waals surface area contributed by atoms with Crippen LogP contribution in [0.2, 0.25) is 0 Å². The molecule has 0 saturated carbocycles. The molecule has 0 aromatic heterocycles. The molecule has 2 aliphatic heterocycles. The molecular weight excluding hydrogens is 356 g/mol. The van der Waals surface area contributed by atoms with Crippen LogP contribution in [-0.2, 0) is 20.9 Å². The van der Waals surface area contributed by atoms with E-state index in [4.69, 9.17) is 9.47 Å². The highest BCUT2D eigenvalue weighted by Crippen LogP contribution is 2.31. The Morgan fingerprint density at radius 1 is 1.11 bits per heavy atom. The fraction of sp³-hybridized carbons (Fsp3) is 0.364. The lowest BCUT2D eigenvalue weighted by Crippen LogP contribution is -2.40. The highest BCUT2D eigenvalue weighted by molar-refractivity contribution is 5.98. The second-order valence-electron chi connectivity index (χ2n) is 7.17. The number of para-hydroxylation sites is 2. The number of carbonyl (C=O) groups excluding carboxylic acids is 2.